The van der Waals surface area contributed by atoms with Crippen molar-refractivity contribution in [2.24, 2.45) is 0 Å². The minimum Gasteiger partial charge on any atom is -0.380 e. The molecule has 0 amide bonds. The molecular weight excluding hydrogens is 326 g/mol. The van der Waals surface area contributed by atoms with E-state index in [0.29, 0.717) is 34.7 Å². The maximum atomic E-state index is 9.45. The maximum Gasteiger partial charge on any atom is 0.229 e. The lowest BCUT2D eigenvalue weighted by Crippen LogP contribution is -2.16. The van der Waals surface area contributed by atoms with Gasteiger partial charge in [0.15, 0.2) is 0 Å². The number of rotatable bonds is 6. The minimum atomic E-state index is 0.169. The first-order valence-electron chi connectivity index (χ1n) is 7.14. The molecule has 2 heterocycles. The first kappa shape index (κ1) is 17.9. The van der Waals surface area contributed by atoms with E-state index in [1.54, 1.807) is 12.0 Å². The molecule has 0 aliphatic heterocycles. The summed E-state index contributed by atoms with van der Waals surface area (Å²) < 4.78 is 5.16. The first-order valence-corrected chi connectivity index (χ1v) is 8.13. The molecule has 0 spiro atoms. The molecule has 0 aromatic carbocycles. The van der Waals surface area contributed by atoms with Crippen molar-refractivity contribution in [3.63, 3.8) is 0 Å². The van der Waals surface area contributed by atoms with Gasteiger partial charge in [-0.1, -0.05) is 11.8 Å². The highest BCUT2D eigenvalue weighted by Crippen LogP contribution is 2.27. The fraction of sp³-hybridized carbons (Fsp3) is 0.400. The Morgan fingerprint density at radius 3 is 2.67 bits per heavy atom. The van der Waals surface area contributed by atoms with Crippen molar-refractivity contribution in [3.05, 3.63) is 28.7 Å². The van der Waals surface area contributed by atoms with Crippen LogP contribution in [0.5, 0.6) is 0 Å². The van der Waals surface area contributed by atoms with Crippen LogP contribution >= 0.6 is 11.8 Å². The molecule has 0 bridgehead atoms. The summed E-state index contributed by atoms with van der Waals surface area (Å²) in [5.74, 6) is 1.64. The van der Waals surface area contributed by atoms with E-state index in [-0.39, 0.29) is 5.95 Å². The van der Waals surface area contributed by atoms with Gasteiger partial charge in [0, 0.05) is 26.9 Å². The average molecular weight is 345 g/mol. The van der Waals surface area contributed by atoms with Gasteiger partial charge < -0.3 is 15.4 Å². The van der Waals surface area contributed by atoms with Crippen molar-refractivity contribution < 1.29 is 4.74 Å². The summed E-state index contributed by atoms with van der Waals surface area (Å²) in [6.45, 7) is 2.25. The second-order valence-electron chi connectivity index (χ2n) is 5.24. The number of nitriles is 1. The second-order valence-corrected chi connectivity index (χ2v) is 6.20. The van der Waals surface area contributed by atoms with Crippen molar-refractivity contribution in [1.82, 2.24) is 19.9 Å². The molecule has 9 heteroatoms. The molecule has 0 saturated heterocycles. The van der Waals surface area contributed by atoms with Crippen LogP contribution in [0.3, 0.4) is 0 Å². The zero-order chi connectivity index (χ0) is 17.7. The summed E-state index contributed by atoms with van der Waals surface area (Å²) in [4.78, 5) is 18.8. The predicted octanol–water partition coefficient (Wildman–Crippen LogP) is 1.53. The molecule has 2 rings (SSSR count). The quantitative estimate of drug-likeness (QED) is 0.778. The Morgan fingerprint density at radius 2 is 2.04 bits per heavy atom. The second kappa shape index (κ2) is 7.90. The molecule has 0 unspecified atom stereocenters. The summed E-state index contributed by atoms with van der Waals surface area (Å²) in [7, 11) is 5.26. The van der Waals surface area contributed by atoms with Gasteiger partial charge in [-0.15, -0.1) is 0 Å². The van der Waals surface area contributed by atoms with E-state index in [1.807, 2.05) is 27.1 Å². The fourth-order valence-corrected chi connectivity index (χ4v) is 2.95. The lowest BCUT2D eigenvalue weighted by molar-refractivity contribution is 0.184. The predicted molar refractivity (Wildman–Crippen MR) is 92.5 cm³/mol. The van der Waals surface area contributed by atoms with Crippen LogP contribution in [-0.4, -0.2) is 41.1 Å². The summed E-state index contributed by atoms with van der Waals surface area (Å²) in [5, 5.41) is 10.1. The van der Waals surface area contributed by atoms with Gasteiger partial charge in [-0.25, -0.2) is 4.98 Å². The number of ether oxygens (including phenoxy) is 1. The van der Waals surface area contributed by atoms with Crippen LogP contribution in [0.15, 0.2) is 11.1 Å². The number of hydrogen-bond acceptors (Lipinski definition) is 9. The molecule has 0 aliphatic rings. The van der Waals surface area contributed by atoms with E-state index >= 15 is 0 Å². The topological polar surface area (TPSA) is 114 Å². The highest BCUT2D eigenvalue weighted by molar-refractivity contribution is 7.98. The largest absolute Gasteiger partial charge is 0.380 e. The molecule has 0 fully saturated rings. The van der Waals surface area contributed by atoms with E-state index in [2.05, 4.69) is 26.0 Å². The number of hydrogen-bond donors (Lipinski definition) is 1. The van der Waals surface area contributed by atoms with Gasteiger partial charge in [0.05, 0.1) is 17.9 Å². The van der Waals surface area contributed by atoms with E-state index in [1.165, 1.54) is 11.8 Å². The summed E-state index contributed by atoms with van der Waals surface area (Å²) in [5.41, 5.74) is 7.89. The van der Waals surface area contributed by atoms with Crippen LogP contribution in [0, 0.1) is 18.3 Å². The van der Waals surface area contributed by atoms with Crippen LogP contribution in [-0.2, 0) is 17.1 Å². The van der Waals surface area contributed by atoms with Gasteiger partial charge in [0.1, 0.15) is 16.9 Å². The Labute approximate surface area is 145 Å². The van der Waals surface area contributed by atoms with Gasteiger partial charge >= 0.3 is 0 Å². The highest BCUT2D eigenvalue weighted by Gasteiger charge is 2.14. The summed E-state index contributed by atoms with van der Waals surface area (Å²) >= 11 is 1.39. The third kappa shape index (κ3) is 4.31. The molecule has 0 atom stereocenters. The van der Waals surface area contributed by atoms with E-state index in [4.69, 9.17) is 10.5 Å². The molecule has 0 aliphatic carbocycles. The molecule has 0 saturated carbocycles. The Morgan fingerprint density at radius 1 is 1.29 bits per heavy atom. The van der Waals surface area contributed by atoms with Crippen molar-refractivity contribution in [3.8, 4) is 6.07 Å². The number of thioether (sulfide) groups is 1. The number of anilines is 2. The highest BCUT2D eigenvalue weighted by atomic mass is 32.2. The Hall–Kier alpha value is -2.44. The molecule has 8 nitrogen and oxygen atoms in total. The Balaban J connectivity index is 2.28. The van der Waals surface area contributed by atoms with E-state index in [0.717, 1.165) is 11.3 Å². The van der Waals surface area contributed by atoms with Crippen LogP contribution < -0.4 is 10.6 Å². The SMILES string of the molecule is COCc1cc(C)nc(SCc2nc(N)nc(N(C)C)n2)c1C#N. The first-order chi connectivity index (χ1) is 11.4. The van der Waals surface area contributed by atoms with Crippen LogP contribution in [0.2, 0.25) is 0 Å². The van der Waals surface area contributed by atoms with Gasteiger partial charge in [-0.2, -0.15) is 20.2 Å². The van der Waals surface area contributed by atoms with E-state index in [9.17, 15) is 5.26 Å². The van der Waals surface area contributed by atoms with Crippen LogP contribution in [0.25, 0.3) is 0 Å². The van der Waals surface area contributed by atoms with Crippen molar-refractivity contribution in [2.45, 2.75) is 24.3 Å². The standard InChI is InChI=1S/C15H19N7OS/c1-9-5-10(7-23-4)11(6-16)13(18-9)24-8-12-19-14(17)21-15(20-12)22(2)3/h5H,7-8H2,1-4H3,(H2,17,19,20,21). The number of aryl methyl sites for hydroxylation is 1. The molecule has 2 aromatic heterocycles. The Kier molecular flexibility index (Phi) is 5.89. The smallest absolute Gasteiger partial charge is 0.229 e. The van der Waals surface area contributed by atoms with Crippen molar-refractivity contribution in [1.29, 1.82) is 5.26 Å². The fourth-order valence-electron chi connectivity index (χ4n) is 2.03. The number of pyridine rings is 1. The zero-order valence-corrected chi connectivity index (χ0v) is 14.9. The number of aromatic nitrogens is 4. The van der Waals surface area contributed by atoms with Gasteiger partial charge in [0.25, 0.3) is 0 Å². The number of methoxy groups -OCH3 is 1. The lowest BCUT2D eigenvalue weighted by atomic mass is 10.1. The van der Waals surface area contributed by atoms with Crippen LogP contribution in [0.4, 0.5) is 11.9 Å². The van der Waals surface area contributed by atoms with Gasteiger partial charge in [-0.3, -0.25) is 0 Å². The molecule has 2 N–H and O–H groups in total. The number of nitrogen functional groups attached to an aromatic ring is 1. The summed E-state index contributed by atoms with van der Waals surface area (Å²) in [6.07, 6.45) is 0. The third-order valence-corrected chi connectivity index (χ3v) is 4.00. The average Bonchev–Trinajstić information content (AvgIpc) is 2.52. The normalized spacial score (nSPS) is 10.5. The maximum absolute atomic E-state index is 9.45. The Bertz CT molecular complexity index is 773. The monoisotopic (exact) mass is 345 g/mol. The molecule has 126 valence electrons. The molecule has 24 heavy (non-hydrogen) atoms. The van der Waals surface area contributed by atoms with Gasteiger partial charge in [-0.05, 0) is 18.6 Å². The van der Waals surface area contributed by atoms with Crippen LogP contribution in [0.1, 0.15) is 22.6 Å². The number of nitrogens with zero attached hydrogens (tertiary/aromatic N) is 6. The van der Waals surface area contributed by atoms with Crippen molar-refractivity contribution in [2.75, 3.05) is 31.8 Å². The van der Waals surface area contributed by atoms with Crippen molar-refractivity contribution >= 4 is 23.7 Å². The molecule has 0 radical (unpaired) electrons. The minimum absolute atomic E-state index is 0.169. The van der Waals surface area contributed by atoms with Gasteiger partial charge in [0.2, 0.25) is 11.9 Å². The molecule has 2 aromatic rings. The molecular formula is C15H19N7OS. The zero-order valence-electron chi connectivity index (χ0n) is 14.1. The lowest BCUT2D eigenvalue weighted by Gasteiger charge is -2.12. The van der Waals surface area contributed by atoms with E-state index < -0.39 is 0 Å². The summed E-state index contributed by atoms with van der Waals surface area (Å²) in [6, 6.07) is 4.06. The number of nitrogens with two attached hydrogens (primary N) is 1. The third-order valence-electron chi connectivity index (χ3n) is 3.03.